The van der Waals surface area contributed by atoms with E-state index in [0.29, 0.717) is 13.1 Å². The molecule has 0 aliphatic heterocycles. The van der Waals surface area contributed by atoms with E-state index in [4.69, 9.17) is 5.11 Å². The van der Waals surface area contributed by atoms with E-state index in [1.165, 1.54) is 5.56 Å². The molecule has 0 aromatic carbocycles. The molecule has 4 nitrogen and oxygen atoms in total. The summed E-state index contributed by atoms with van der Waals surface area (Å²) in [6, 6.07) is 4.07. The Morgan fingerprint density at radius 2 is 2.39 bits per heavy atom. The largest absolute Gasteiger partial charge is 0.395 e. The maximum Gasteiger partial charge on any atom is 0.129 e. The third-order valence-corrected chi connectivity index (χ3v) is 2.61. The van der Waals surface area contributed by atoms with Gasteiger partial charge in [-0.2, -0.15) is 0 Å². The fraction of sp³-hybridized carbons (Fsp3) is 0.500. The standard InChI is InChI=1S/C14H23N3O/c1-3-6-15-12-13-5-7-16-14(11-13)17(8-4-2)9-10-18/h4-5,7,11,15,18H,2-3,6,8-10,12H2,1H3. The minimum absolute atomic E-state index is 0.119. The van der Waals surface area contributed by atoms with E-state index in [1.807, 2.05) is 23.2 Å². The van der Waals surface area contributed by atoms with Gasteiger partial charge in [-0.1, -0.05) is 13.0 Å². The number of aliphatic hydroxyl groups is 1. The van der Waals surface area contributed by atoms with E-state index >= 15 is 0 Å². The van der Waals surface area contributed by atoms with Crippen LogP contribution in [0.2, 0.25) is 0 Å². The molecule has 1 aromatic heterocycles. The number of nitrogens with one attached hydrogen (secondary N) is 1. The van der Waals surface area contributed by atoms with Gasteiger partial charge < -0.3 is 15.3 Å². The quantitative estimate of drug-likeness (QED) is 0.515. The lowest BCUT2D eigenvalue weighted by molar-refractivity contribution is 0.302. The molecule has 2 N–H and O–H groups in total. The third kappa shape index (κ3) is 4.85. The number of anilines is 1. The first-order chi connectivity index (χ1) is 8.81. The summed E-state index contributed by atoms with van der Waals surface area (Å²) >= 11 is 0. The van der Waals surface area contributed by atoms with Gasteiger partial charge in [-0.25, -0.2) is 4.98 Å². The van der Waals surface area contributed by atoms with E-state index in [2.05, 4.69) is 29.9 Å². The van der Waals surface area contributed by atoms with Gasteiger partial charge in [-0.3, -0.25) is 0 Å². The lowest BCUT2D eigenvalue weighted by Gasteiger charge is -2.21. The molecule has 1 heterocycles. The second-order valence-electron chi connectivity index (χ2n) is 4.16. The molecule has 0 spiro atoms. The van der Waals surface area contributed by atoms with Crippen LogP contribution >= 0.6 is 0 Å². The molecule has 0 saturated carbocycles. The molecule has 0 radical (unpaired) electrons. The maximum absolute atomic E-state index is 9.05. The number of aliphatic hydroxyl groups excluding tert-OH is 1. The number of rotatable bonds is 9. The van der Waals surface area contributed by atoms with Crippen LogP contribution in [0.1, 0.15) is 18.9 Å². The monoisotopic (exact) mass is 249 g/mol. The van der Waals surface area contributed by atoms with Crippen molar-refractivity contribution in [3.63, 3.8) is 0 Å². The number of hydrogen-bond acceptors (Lipinski definition) is 4. The van der Waals surface area contributed by atoms with Crippen LogP contribution < -0.4 is 10.2 Å². The summed E-state index contributed by atoms with van der Waals surface area (Å²) in [4.78, 5) is 6.35. The third-order valence-electron chi connectivity index (χ3n) is 2.61. The van der Waals surface area contributed by atoms with Crippen LogP contribution in [0.4, 0.5) is 5.82 Å². The summed E-state index contributed by atoms with van der Waals surface area (Å²) in [5.74, 6) is 0.889. The molecule has 0 atom stereocenters. The predicted octanol–water partition coefficient (Wildman–Crippen LogP) is 1.57. The highest BCUT2D eigenvalue weighted by Crippen LogP contribution is 2.12. The zero-order valence-corrected chi connectivity index (χ0v) is 11.1. The highest BCUT2D eigenvalue weighted by molar-refractivity contribution is 5.41. The van der Waals surface area contributed by atoms with E-state index in [0.717, 1.165) is 25.3 Å². The van der Waals surface area contributed by atoms with Gasteiger partial charge in [-0.05, 0) is 30.7 Å². The molecule has 4 heteroatoms. The summed E-state index contributed by atoms with van der Waals surface area (Å²) < 4.78 is 0. The van der Waals surface area contributed by atoms with Crippen LogP contribution in [0, 0.1) is 0 Å². The van der Waals surface area contributed by atoms with E-state index < -0.39 is 0 Å². The van der Waals surface area contributed by atoms with Gasteiger partial charge in [0.2, 0.25) is 0 Å². The van der Waals surface area contributed by atoms with Crippen molar-refractivity contribution in [1.29, 1.82) is 0 Å². The molecule has 18 heavy (non-hydrogen) atoms. The minimum Gasteiger partial charge on any atom is -0.395 e. The zero-order chi connectivity index (χ0) is 13.2. The highest BCUT2D eigenvalue weighted by Gasteiger charge is 2.06. The Morgan fingerprint density at radius 3 is 3.06 bits per heavy atom. The number of hydrogen-bond donors (Lipinski definition) is 2. The number of pyridine rings is 1. The Kier molecular flexibility index (Phi) is 7.06. The normalized spacial score (nSPS) is 10.3. The van der Waals surface area contributed by atoms with Crippen LogP contribution in [-0.4, -0.2) is 36.3 Å². The lowest BCUT2D eigenvalue weighted by atomic mass is 10.2. The molecule has 0 amide bonds. The Hall–Kier alpha value is -1.39. The lowest BCUT2D eigenvalue weighted by Crippen LogP contribution is -2.27. The fourth-order valence-corrected chi connectivity index (χ4v) is 1.73. The van der Waals surface area contributed by atoms with Crippen molar-refractivity contribution in [1.82, 2.24) is 10.3 Å². The summed E-state index contributed by atoms with van der Waals surface area (Å²) in [5, 5.41) is 12.4. The SMILES string of the molecule is C=CCN(CCO)c1cc(CNCCC)ccn1. The number of nitrogens with zero attached hydrogens (tertiary/aromatic N) is 2. The first-order valence-corrected chi connectivity index (χ1v) is 6.44. The van der Waals surface area contributed by atoms with Crippen molar-refractivity contribution < 1.29 is 5.11 Å². The smallest absolute Gasteiger partial charge is 0.129 e. The molecule has 0 bridgehead atoms. The average Bonchev–Trinajstić information content (AvgIpc) is 2.39. The molecular formula is C14H23N3O. The fourth-order valence-electron chi connectivity index (χ4n) is 1.73. The van der Waals surface area contributed by atoms with Crippen molar-refractivity contribution in [2.45, 2.75) is 19.9 Å². The topological polar surface area (TPSA) is 48.4 Å². The molecule has 0 aliphatic rings. The first-order valence-electron chi connectivity index (χ1n) is 6.44. The van der Waals surface area contributed by atoms with Crippen LogP contribution in [-0.2, 0) is 6.54 Å². The van der Waals surface area contributed by atoms with Crippen molar-refractivity contribution in [3.8, 4) is 0 Å². The summed E-state index contributed by atoms with van der Waals surface area (Å²) in [6.45, 7) is 9.14. The molecular weight excluding hydrogens is 226 g/mol. The van der Waals surface area contributed by atoms with Gasteiger partial charge in [0.25, 0.3) is 0 Å². The Balaban J connectivity index is 2.68. The minimum atomic E-state index is 0.119. The molecule has 0 fully saturated rings. The van der Waals surface area contributed by atoms with Gasteiger partial charge >= 0.3 is 0 Å². The predicted molar refractivity (Wildman–Crippen MR) is 75.7 cm³/mol. The zero-order valence-electron chi connectivity index (χ0n) is 11.1. The molecule has 0 unspecified atom stereocenters. The Labute approximate surface area is 109 Å². The molecule has 0 aliphatic carbocycles. The van der Waals surface area contributed by atoms with E-state index in [-0.39, 0.29) is 6.61 Å². The van der Waals surface area contributed by atoms with Gasteiger partial charge in [0.05, 0.1) is 6.61 Å². The summed E-state index contributed by atoms with van der Waals surface area (Å²) in [5.41, 5.74) is 1.21. The second-order valence-corrected chi connectivity index (χ2v) is 4.16. The molecule has 1 aromatic rings. The van der Waals surface area contributed by atoms with Gasteiger partial charge in [0.15, 0.2) is 0 Å². The molecule has 100 valence electrons. The van der Waals surface area contributed by atoms with Gasteiger partial charge in [0, 0.05) is 25.8 Å². The van der Waals surface area contributed by atoms with E-state index in [9.17, 15) is 0 Å². The van der Waals surface area contributed by atoms with Crippen LogP contribution in [0.3, 0.4) is 0 Å². The van der Waals surface area contributed by atoms with Crippen LogP contribution in [0.15, 0.2) is 31.0 Å². The van der Waals surface area contributed by atoms with Crippen molar-refractivity contribution in [3.05, 3.63) is 36.5 Å². The summed E-state index contributed by atoms with van der Waals surface area (Å²) in [6.07, 6.45) is 4.76. The molecule has 0 saturated heterocycles. The van der Waals surface area contributed by atoms with Crippen LogP contribution in [0.5, 0.6) is 0 Å². The molecule has 1 rings (SSSR count). The van der Waals surface area contributed by atoms with Crippen molar-refractivity contribution in [2.75, 3.05) is 31.1 Å². The maximum atomic E-state index is 9.05. The first kappa shape index (κ1) is 14.7. The Morgan fingerprint density at radius 1 is 1.56 bits per heavy atom. The Bertz CT molecular complexity index is 355. The van der Waals surface area contributed by atoms with Gasteiger partial charge in [0.1, 0.15) is 5.82 Å². The van der Waals surface area contributed by atoms with Crippen LogP contribution in [0.25, 0.3) is 0 Å². The van der Waals surface area contributed by atoms with E-state index in [1.54, 1.807) is 0 Å². The summed E-state index contributed by atoms with van der Waals surface area (Å²) in [7, 11) is 0. The highest BCUT2D eigenvalue weighted by atomic mass is 16.3. The van der Waals surface area contributed by atoms with Crippen molar-refractivity contribution >= 4 is 5.82 Å². The van der Waals surface area contributed by atoms with Gasteiger partial charge in [-0.15, -0.1) is 6.58 Å². The van der Waals surface area contributed by atoms with Crippen molar-refractivity contribution in [2.24, 2.45) is 0 Å². The second kappa shape index (κ2) is 8.66. The average molecular weight is 249 g/mol. The number of aromatic nitrogens is 1.